The SMILES string of the molecule is CC(NC(=O)c1cc(N)ncn1)c1cc(-c2nc3ccc(C(F)(F)F)cc3[nH]2)on1. The topological polar surface area (TPSA) is 136 Å². The van der Waals surface area contributed by atoms with Crippen molar-refractivity contribution in [2.45, 2.75) is 19.1 Å². The number of aromatic amines is 1. The summed E-state index contributed by atoms with van der Waals surface area (Å²) in [7, 11) is 0. The Bertz CT molecular complexity index is 1230. The monoisotopic (exact) mass is 417 g/mol. The second-order valence-corrected chi connectivity index (χ2v) is 6.45. The van der Waals surface area contributed by atoms with Crippen molar-refractivity contribution in [2.75, 3.05) is 5.73 Å². The number of halogens is 3. The van der Waals surface area contributed by atoms with Gasteiger partial charge in [-0.2, -0.15) is 13.2 Å². The summed E-state index contributed by atoms with van der Waals surface area (Å²) in [5.74, 6) is 0.0990. The quantitative estimate of drug-likeness (QED) is 0.464. The van der Waals surface area contributed by atoms with Crippen LogP contribution in [-0.4, -0.2) is 31.0 Å². The summed E-state index contributed by atoms with van der Waals surface area (Å²) in [5.41, 5.74) is 5.79. The molecular formula is C18H14F3N7O2. The molecule has 9 nitrogen and oxygen atoms in total. The first-order valence-corrected chi connectivity index (χ1v) is 8.63. The number of hydrogen-bond acceptors (Lipinski definition) is 7. The highest BCUT2D eigenvalue weighted by Crippen LogP contribution is 2.32. The Morgan fingerprint density at radius 3 is 2.77 bits per heavy atom. The molecule has 3 heterocycles. The smallest absolute Gasteiger partial charge is 0.384 e. The van der Waals surface area contributed by atoms with Gasteiger partial charge in [-0.15, -0.1) is 0 Å². The standard InChI is InChI=1S/C18H14F3N7O2/c1-8(25-17(29)13-6-15(22)24-7-23-13)11-5-14(30-28-11)16-26-10-3-2-9(18(19,20)21)4-12(10)27-16/h2-8H,1H3,(H,25,29)(H,26,27)(H2,22,23,24). The number of anilines is 1. The maximum absolute atomic E-state index is 12.9. The number of nitrogen functional groups attached to an aromatic ring is 1. The fraction of sp³-hybridized carbons (Fsp3) is 0.167. The molecule has 1 amide bonds. The summed E-state index contributed by atoms with van der Waals surface area (Å²) >= 11 is 0. The van der Waals surface area contributed by atoms with Crippen molar-refractivity contribution in [3.05, 3.63) is 53.6 Å². The van der Waals surface area contributed by atoms with E-state index in [1.807, 2.05) is 0 Å². The third-order valence-electron chi connectivity index (χ3n) is 4.28. The molecule has 0 aliphatic carbocycles. The number of carbonyl (C=O) groups is 1. The van der Waals surface area contributed by atoms with Crippen molar-refractivity contribution in [1.82, 2.24) is 30.4 Å². The normalized spacial score (nSPS) is 12.8. The van der Waals surface area contributed by atoms with E-state index in [0.717, 1.165) is 12.1 Å². The maximum atomic E-state index is 12.9. The number of nitrogens with two attached hydrogens (primary N) is 1. The number of H-pyrrole nitrogens is 1. The van der Waals surface area contributed by atoms with Gasteiger partial charge in [0.15, 0.2) is 5.82 Å². The number of aromatic nitrogens is 5. The zero-order valence-corrected chi connectivity index (χ0v) is 15.4. The first-order chi connectivity index (χ1) is 14.2. The first kappa shape index (κ1) is 19.4. The van der Waals surface area contributed by atoms with Gasteiger partial charge in [-0.05, 0) is 25.1 Å². The highest BCUT2D eigenvalue weighted by Gasteiger charge is 2.31. The molecule has 0 aliphatic heterocycles. The number of hydrogen-bond donors (Lipinski definition) is 3. The van der Waals surface area contributed by atoms with Gasteiger partial charge in [0, 0.05) is 12.1 Å². The lowest BCUT2D eigenvalue weighted by Gasteiger charge is -2.10. The van der Waals surface area contributed by atoms with E-state index < -0.39 is 23.7 Å². The minimum atomic E-state index is -4.46. The maximum Gasteiger partial charge on any atom is 0.416 e. The Hall–Kier alpha value is -3.96. The van der Waals surface area contributed by atoms with E-state index in [9.17, 15) is 18.0 Å². The van der Waals surface area contributed by atoms with Crippen molar-refractivity contribution in [3.8, 4) is 11.6 Å². The fourth-order valence-corrected chi connectivity index (χ4v) is 2.75. The number of nitrogens with zero attached hydrogens (tertiary/aromatic N) is 4. The van der Waals surface area contributed by atoms with E-state index in [1.54, 1.807) is 6.92 Å². The molecule has 154 valence electrons. The molecule has 3 aromatic heterocycles. The molecular weight excluding hydrogens is 403 g/mol. The van der Waals surface area contributed by atoms with E-state index in [-0.39, 0.29) is 28.6 Å². The summed E-state index contributed by atoms with van der Waals surface area (Å²) in [6.45, 7) is 1.68. The molecule has 0 radical (unpaired) electrons. The molecule has 4 N–H and O–H groups in total. The van der Waals surface area contributed by atoms with Gasteiger partial charge in [0.2, 0.25) is 5.76 Å². The Kier molecular flexibility index (Phi) is 4.60. The van der Waals surface area contributed by atoms with E-state index in [2.05, 4.69) is 30.4 Å². The molecule has 0 saturated carbocycles. The second kappa shape index (κ2) is 7.13. The van der Waals surface area contributed by atoms with Gasteiger partial charge in [0.1, 0.15) is 23.5 Å². The van der Waals surface area contributed by atoms with Crippen LogP contribution in [0.25, 0.3) is 22.6 Å². The Morgan fingerprint density at radius 1 is 1.23 bits per heavy atom. The first-order valence-electron chi connectivity index (χ1n) is 8.63. The van der Waals surface area contributed by atoms with Gasteiger partial charge in [-0.3, -0.25) is 4.79 Å². The predicted molar refractivity (Wildman–Crippen MR) is 98.9 cm³/mol. The van der Waals surface area contributed by atoms with E-state index >= 15 is 0 Å². The van der Waals surface area contributed by atoms with Crippen LogP contribution in [0.2, 0.25) is 0 Å². The number of fused-ring (bicyclic) bond motifs is 1. The van der Waals surface area contributed by atoms with Crippen molar-refractivity contribution in [3.63, 3.8) is 0 Å². The van der Waals surface area contributed by atoms with Crippen LogP contribution in [0.4, 0.5) is 19.0 Å². The van der Waals surface area contributed by atoms with Gasteiger partial charge in [-0.1, -0.05) is 5.16 Å². The molecule has 0 bridgehead atoms. The van der Waals surface area contributed by atoms with Crippen LogP contribution >= 0.6 is 0 Å². The Labute approximate surface area is 166 Å². The summed E-state index contributed by atoms with van der Waals surface area (Å²) < 4.78 is 43.9. The molecule has 0 aliphatic rings. The molecule has 0 fully saturated rings. The number of nitrogens with one attached hydrogen (secondary N) is 2. The summed E-state index contributed by atoms with van der Waals surface area (Å²) in [5, 5.41) is 6.59. The van der Waals surface area contributed by atoms with Crippen molar-refractivity contribution >= 4 is 22.8 Å². The molecule has 1 atom stereocenters. The van der Waals surface area contributed by atoms with Crippen LogP contribution in [0.3, 0.4) is 0 Å². The van der Waals surface area contributed by atoms with Crippen molar-refractivity contribution in [2.24, 2.45) is 0 Å². The second-order valence-electron chi connectivity index (χ2n) is 6.45. The molecule has 0 saturated heterocycles. The van der Waals surface area contributed by atoms with Crippen LogP contribution < -0.4 is 11.1 Å². The molecule has 1 aromatic carbocycles. The molecule has 4 rings (SSSR count). The Balaban J connectivity index is 1.54. The lowest BCUT2D eigenvalue weighted by Crippen LogP contribution is -2.27. The van der Waals surface area contributed by atoms with Crippen LogP contribution in [0.5, 0.6) is 0 Å². The highest BCUT2D eigenvalue weighted by atomic mass is 19.4. The zero-order chi connectivity index (χ0) is 21.5. The average molecular weight is 417 g/mol. The van der Waals surface area contributed by atoms with Gasteiger partial charge >= 0.3 is 6.18 Å². The number of alkyl halides is 3. The van der Waals surface area contributed by atoms with Gasteiger partial charge < -0.3 is 20.6 Å². The number of rotatable bonds is 4. The van der Waals surface area contributed by atoms with E-state index in [0.29, 0.717) is 11.2 Å². The molecule has 1 unspecified atom stereocenters. The third kappa shape index (κ3) is 3.79. The largest absolute Gasteiger partial charge is 0.416 e. The minimum absolute atomic E-state index is 0.0934. The summed E-state index contributed by atoms with van der Waals surface area (Å²) in [4.78, 5) is 26.8. The Morgan fingerprint density at radius 2 is 2.03 bits per heavy atom. The van der Waals surface area contributed by atoms with Gasteiger partial charge in [0.05, 0.1) is 22.6 Å². The summed E-state index contributed by atoms with van der Waals surface area (Å²) in [6.07, 6.45) is -3.28. The fourth-order valence-electron chi connectivity index (χ4n) is 2.75. The number of benzene rings is 1. The average Bonchev–Trinajstić information content (AvgIpc) is 3.33. The van der Waals surface area contributed by atoms with Gasteiger partial charge in [-0.25, -0.2) is 15.0 Å². The van der Waals surface area contributed by atoms with Crippen LogP contribution in [0.1, 0.15) is 34.7 Å². The van der Waals surface area contributed by atoms with Crippen LogP contribution in [-0.2, 0) is 6.18 Å². The lowest BCUT2D eigenvalue weighted by molar-refractivity contribution is -0.137. The van der Waals surface area contributed by atoms with Gasteiger partial charge in [0.25, 0.3) is 5.91 Å². The number of imidazole rings is 1. The van der Waals surface area contributed by atoms with E-state index in [1.165, 1.54) is 24.5 Å². The molecule has 30 heavy (non-hydrogen) atoms. The number of carbonyl (C=O) groups excluding carboxylic acids is 1. The van der Waals surface area contributed by atoms with Crippen molar-refractivity contribution in [1.29, 1.82) is 0 Å². The van der Waals surface area contributed by atoms with Crippen LogP contribution in [0.15, 0.2) is 41.2 Å². The number of amides is 1. The molecule has 12 heteroatoms. The predicted octanol–water partition coefficient (Wildman–Crippen LogP) is 3.10. The van der Waals surface area contributed by atoms with Crippen LogP contribution in [0, 0.1) is 0 Å². The van der Waals surface area contributed by atoms with Crippen molar-refractivity contribution < 1.29 is 22.5 Å². The highest BCUT2D eigenvalue weighted by molar-refractivity contribution is 5.93. The summed E-state index contributed by atoms with van der Waals surface area (Å²) in [6, 6.07) is 5.51. The van der Waals surface area contributed by atoms with E-state index in [4.69, 9.17) is 10.3 Å². The minimum Gasteiger partial charge on any atom is -0.384 e. The third-order valence-corrected chi connectivity index (χ3v) is 4.28. The zero-order valence-electron chi connectivity index (χ0n) is 15.4. The lowest BCUT2D eigenvalue weighted by atomic mass is 10.2. The molecule has 0 spiro atoms. The molecule has 4 aromatic rings.